The molecule has 3 aliphatic rings. The monoisotopic (exact) mass is 483 g/mol. The molecule has 1 atom stereocenters. The highest BCUT2D eigenvalue weighted by molar-refractivity contribution is 5.87. The number of carbonyl (C=O) groups excluding carboxylic acids is 3. The van der Waals surface area contributed by atoms with E-state index in [1.807, 2.05) is 4.90 Å². The molecule has 0 bridgehead atoms. The van der Waals surface area contributed by atoms with E-state index in [0.717, 1.165) is 50.3 Å². The van der Waals surface area contributed by atoms with Crippen LogP contribution < -0.4 is 15.5 Å². The minimum Gasteiger partial charge on any atom is -0.366 e. The summed E-state index contributed by atoms with van der Waals surface area (Å²) in [6, 6.07) is -0.0804. The van der Waals surface area contributed by atoms with Gasteiger partial charge in [0.05, 0.1) is 18.8 Å². The van der Waals surface area contributed by atoms with Gasteiger partial charge in [0.15, 0.2) is 0 Å². The van der Waals surface area contributed by atoms with Crippen LogP contribution in [0.15, 0.2) is 12.7 Å². The van der Waals surface area contributed by atoms with Gasteiger partial charge in [0, 0.05) is 63.6 Å². The quantitative estimate of drug-likeness (QED) is 0.540. The van der Waals surface area contributed by atoms with Crippen LogP contribution in [0, 0.1) is 11.3 Å². The zero-order chi connectivity index (χ0) is 25.3. The molecule has 190 valence electrons. The lowest BCUT2D eigenvalue weighted by Crippen LogP contribution is -2.59. The zero-order valence-electron chi connectivity index (χ0n) is 21.3. The Hall–Kier alpha value is -3.17. The van der Waals surface area contributed by atoms with Crippen LogP contribution in [0.5, 0.6) is 0 Å². The Labute approximate surface area is 207 Å². The van der Waals surface area contributed by atoms with Gasteiger partial charge in [-0.15, -0.1) is 0 Å². The van der Waals surface area contributed by atoms with Gasteiger partial charge in [-0.2, -0.15) is 4.98 Å². The van der Waals surface area contributed by atoms with Crippen LogP contribution in [0.3, 0.4) is 0 Å². The third-order valence-electron chi connectivity index (χ3n) is 7.28. The number of aromatic nitrogens is 2. The fourth-order valence-electron chi connectivity index (χ4n) is 5.42. The van der Waals surface area contributed by atoms with Crippen LogP contribution in [0.1, 0.15) is 51.3 Å². The molecule has 0 saturated carbocycles. The number of hydrogen-bond donors (Lipinski definition) is 2. The molecule has 10 nitrogen and oxygen atoms in total. The smallest absolute Gasteiger partial charge is 0.245 e. The molecule has 35 heavy (non-hydrogen) atoms. The van der Waals surface area contributed by atoms with Crippen molar-refractivity contribution in [1.82, 2.24) is 25.1 Å². The topological polar surface area (TPSA) is 111 Å². The van der Waals surface area contributed by atoms with Crippen molar-refractivity contribution >= 4 is 29.5 Å². The van der Waals surface area contributed by atoms with E-state index in [1.165, 1.54) is 6.08 Å². The maximum absolute atomic E-state index is 12.2. The van der Waals surface area contributed by atoms with Gasteiger partial charge in [-0.25, -0.2) is 4.98 Å². The predicted octanol–water partition coefficient (Wildman–Crippen LogP) is 1.53. The second-order valence-electron chi connectivity index (χ2n) is 10.6. The molecule has 0 aliphatic carbocycles. The molecule has 0 aromatic carbocycles. The lowest BCUT2D eigenvalue weighted by molar-refractivity contribution is -0.136. The van der Waals surface area contributed by atoms with E-state index in [2.05, 4.69) is 36.0 Å². The fraction of sp³-hybridized carbons (Fsp3) is 0.640. The van der Waals surface area contributed by atoms with E-state index >= 15 is 0 Å². The van der Waals surface area contributed by atoms with Gasteiger partial charge in [-0.05, 0) is 24.8 Å². The van der Waals surface area contributed by atoms with Gasteiger partial charge < -0.3 is 25.3 Å². The Kier molecular flexibility index (Phi) is 7.00. The maximum Gasteiger partial charge on any atom is 0.245 e. The number of likely N-dealkylation sites (tertiary alicyclic amines) is 1. The Morgan fingerprint density at radius 3 is 2.51 bits per heavy atom. The molecule has 2 saturated heterocycles. The first-order chi connectivity index (χ1) is 16.6. The SMILES string of the molecule is C=CC(=O)N1CC2(CCN(c3nc4c(c(N[C@H](CC(=O)NC)CC(C)C)n3)CN(C(C)=O)C4)C2)C1. The van der Waals surface area contributed by atoms with Crippen molar-refractivity contribution in [2.45, 2.75) is 59.2 Å². The molecule has 1 spiro atoms. The van der Waals surface area contributed by atoms with Gasteiger partial charge >= 0.3 is 0 Å². The Bertz CT molecular complexity index is 1020. The second kappa shape index (κ2) is 9.83. The van der Waals surface area contributed by atoms with Gasteiger partial charge in [0.25, 0.3) is 0 Å². The molecular formula is C25H37N7O3. The number of nitrogens with zero attached hydrogens (tertiary/aromatic N) is 5. The summed E-state index contributed by atoms with van der Waals surface area (Å²) in [4.78, 5) is 51.8. The summed E-state index contributed by atoms with van der Waals surface area (Å²) in [5.74, 6) is 1.71. The number of rotatable bonds is 8. The largest absolute Gasteiger partial charge is 0.366 e. The van der Waals surface area contributed by atoms with Gasteiger partial charge in [0.1, 0.15) is 5.82 Å². The molecule has 3 aliphatic heterocycles. The summed E-state index contributed by atoms with van der Waals surface area (Å²) in [5.41, 5.74) is 1.85. The van der Waals surface area contributed by atoms with Gasteiger partial charge in [-0.3, -0.25) is 14.4 Å². The highest BCUT2D eigenvalue weighted by Gasteiger charge is 2.49. The van der Waals surface area contributed by atoms with E-state index in [1.54, 1.807) is 18.9 Å². The van der Waals surface area contributed by atoms with Gasteiger partial charge in [-0.1, -0.05) is 20.4 Å². The van der Waals surface area contributed by atoms with Crippen LogP contribution in [-0.2, 0) is 27.5 Å². The van der Waals surface area contributed by atoms with Crippen molar-refractivity contribution in [3.63, 3.8) is 0 Å². The number of amides is 3. The van der Waals surface area contributed by atoms with Crippen LogP contribution in [0.25, 0.3) is 0 Å². The van der Waals surface area contributed by atoms with E-state index in [0.29, 0.717) is 37.2 Å². The molecular weight excluding hydrogens is 446 g/mol. The summed E-state index contributed by atoms with van der Waals surface area (Å²) < 4.78 is 0. The second-order valence-corrected chi connectivity index (χ2v) is 10.6. The minimum absolute atomic E-state index is 0.00108. The third kappa shape index (κ3) is 5.26. The molecule has 2 N–H and O–H groups in total. The average molecular weight is 484 g/mol. The number of carbonyl (C=O) groups is 3. The summed E-state index contributed by atoms with van der Waals surface area (Å²) in [5, 5.41) is 6.25. The number of hydrogen-bond acceptors (Lipinski definition) is 7. The first kappa shape index (κ1) is 24.9. The molecule has 3 amide bonds. The highest BCUT2D eigenvalue weighted by atomic mass is 16.2. The molecule has 4 heterocycles. The highest BCUT2D eigenvalue weighted by Crippen LogP contribution is 2.41. The Balaban J connectivity index is 1.58. The summed E-state index contributed by atoms with van der Waals surface area (Å²) in [6.07, 6.45) is 3.51. The molecule has 10 heteroatoms. The Morgan fingerprint density at radius 1 is 1.14 bits per heavy atom. The third-order valence-corrected chi connectivity index (χ3v) is 7.28. The van der Waals surface area contributed by atoms with Crippen molar-refractivity contribution in [2.75, 3.05) is 43.4 Å². The lowest BCUT2D eigenvalue weighted by Gasteiger charge is -2.47. The van der Waals surface area contributed by atoms with E-state index in [-0.39, 0.29) is 29.2 Å². The molecule has 1 aromatic heterocycles. The molecule has 0 unspecified atom stereocenters. The molecule has 0 radical (unpaired) electrons. The van der Waals surface area contributed by atoms with Crippen LogP contribution in [0.2, 0.25) is 0 Å². The minimum atomic E-state index is -0.0804. The van der Waals surface area contributed by atoms with Crippen LogP contribution in [0.4, 0.5) is 11.8 Å². The van der Waals surface area contributed by atoms with Crippen molar-refractivity contribution in [3.05, 3.63) is 23.9 Å². The molecule has 2 fully saturated rings. The first-order valence-corrected chi connectivity index (χ1v) is 12.4. The van der Waals surface area contributed by atoms with Crippen LogP contribution >= 0.6 is 0 Å². The van der Waals surface area contributed by atoms with E-state index < -0.39 is 0 Å². The predicted molar refractivity (Wildman–Crippen MR) is 134 cm³/mol. The average Bonchev–Trinajstić information content (AvgIpc) is 3.42. The standard InChI is InChI=1S/C25H37N7O3/c1-6-22(35)32-14-25(15-32)7-8-30(13-25)24-28-20-12-31(17(4)33)11-19(20)23(29-24)27-18(9-16(2)3)10-21(34)26-5/h6,16,18H,1,7-15H2,2-5H3,(H,26,34)(H,27,28,29)/t18-/m0/s1. The van der Waals surface area contributed by atoms with Crippen LogP contribution in [-0.4, -0.2) is 76.8 Å². The number of anilines is 2. The van der Waals surface area contributed by atoms with Gasteiger partial charge in [0.2, 0.25) is 23.7 Å². The fourth-order valence-corrected chi connectivity index (χ4v) is 5.42. The molecule has 1 aromatic rings. The van der Waals surface area contributed by atoms with Crippen molar-refractivity contribution in [1.29, 1.82) is 0 Å². The summed E-state index contributed by atoms with van der Waals surface area (Å²) in [7, 11) is 1.65. The maximum atomic E-state index is 12.2. The zero-order valence-corrected chi connectivity index (χ0v) is 21.3. The molecule has 4 rings (SSSR count). The summed E-state index contributed by atoms with van der Waals surface area (Å²) >= 11 is 0. The van der Waals surface area contributed by atoms with Crippen molar-refractivity contribution < 1.29 is 14.4 Å². The number of nitrogens with one attached hydrogen (secondary N) is 2. The van der Waals surface area contributed by atoms with E-state index in [9.17, 15) is 14.4 Å². The van der Waals surface area contributed by atoms with E-state index in [4.69, 9.17) is 9.97 Å². The first-order valence-electron chi connectivity index (χ1n) is 12.4. The normalized spacial score (nSPS) is 18.9. The number of fused-ring (bicyclic) bond motifs is 1. The van der Waals surface area contributed by atoms with Crippen molar-refractivity contribution in [3.8, 4) is 0 Å². The van der Waals surface area contributed by atoms with Crippen molar-refractivity contribution in [2.24, 2.45) is 11.3 Å². The summed E-state index contributed by atoms with van der Waals surface area (Å²) in [6.45, 7) is 13.4. The lowest BCUT2D eigenvalue weighted by atomic mass is 9.79. The Morgan fingerprint density at radius 2 is 1.89 bits per heavy atom.